The highest BCUT2D eigenvalue weighted by molar-refractivity contribution is 7.92. The van der Waals surface area contributed by atoms with E-state index in [0.29, 0.717) is 47.7 Å². The summed E-state index contributed by atoms with van der Waals surface area (Å²) in [4.78, 5) is 17.5. The molecular formula is C30H24Cl2N4O4S2. The van der Waals surface area contributed by atoms with Crippen LogP contribution in [-0.2, 0) is 10.0 Å². The Morgan fingerprint density at radius 3 is 2.36 bits per heavy atom. The summed E-state index contributed by atoms with van der Waals surface area (Å²) in [6.45, 7) is 2.11. The molecule has 1 aliphatic heterocycles. The van der Waals surface area contributed by atoms with Gasteiger partial charge in [0.1, 0.15) is 17.3 Å². The van der Waals surface area contributed by atoms with E-state index in [2.05, 4.69) is 20.1 Å². The first kappa shape index (κ1) is 28.3. The van der Waals surface area contributed by atoms with Crippen molar-refractivity contribution in [3.8, 4) is 11.5 Å². The van der Waals surface area contributed by atoms with Crippen molar-refractivity contribution in [2.45, 2.75) is 4.90 Å². The molecule has 214 valence electrons. The Morgan fingerprint density at radius 2 is 1.60 bits per heavy atom. The van der Waals surface area contributed by atoms with E-state index in [-0.39, 0.29) is 22.1 Å². The maximum atomic E-state index is 13.6. The fourth-order valence-corrected chi connectivity index (χ4v) is 6.94. The lowest BCUT2D eigenvalue weighted by Crippen LogP contribution is -2.49. The topological polar surface area (TPSA) is 91.8 Å². The number of sulfonamides is 1. The smallest absolute Gasteiger partial charge is 0.261 e. The third-order valence-corrected chi connectivity index (χ3v) is 9.63. The number of anilines is 2. The zero-order valence-corrected chi connectivity index (χ0v) is 25.2. The number of nitrogens with zero attached hydrogens (tertiary/aromatic N) is 3. The number of fused-ring (bicyclic) bond motifs is 1. The molecule has 0 radical (unpaired) electrons. The van der Waals surface area contributed by atoms with Gasteiger partial charge in [0.05, 0.1) is 25.9 Å². The molecule has 1 saturated heterocycles. The van der Waals surface area contributed by atoms with E-state index in [1.165, 1.54) is 47.9 Å². The molecular weight excluding hydrogens is 615 g/mol. The molecule has 0 saturated carbocycles. The summed E-state index contributed by atoms with van der Waals surface area (Å²) in [5, 5.41) is 1.86. The molecule has 8 nitrogen and oxygen atoms in total. The number of piperazine rings is 1. The first-order chi connectivity index (χ1) is 20.3. The third-order valence-electron chi connectivity index (χ3n) is 6.88. The van der Waals surface area contributed by atoms with E-state index >= 15 is 0 Å². The number of ether oxygens (including phenoxy) is 1. The minimum Gasteiger partial charge on any atom is -0.456 e. The first-order valence-corrected chi connectivity index (χ1v) is 16.0. The predicted octanol–water partition coefficient (Wildman–Crippen LogP) is 7.16. The van der Waals surface area contributed by atoms with Crippen LogP contribution in [-0.4, -0.2) is 49.8 Å². The van der Waals surface area contributed by atoms with Crippen LogP contribution in [0.25, 0.3) is 10.1 Å². The molecule has 42 heavy (non-hydrogen) atoms. The highest BCUT2D eigenvalue weighted by Crippen LogP contribution is 2.32. The molecule has 12 heteroatoms. The molecule has 0 unspecified atom stereocenters. The number of amides is 1. The van der Waals surface area contributed by atoms with E-state index in [0.717, 1.165) is 15.9 Å². The SMILES string of the molecule is O=C(c1cc(Cl)ccc1NS(=O)(=O)c1ccc(Oc2ccccc2Cl)cc1)N1CCN(c2nsc3ccccc23)CC1. The lowest BCUT2D eigenvalue weighted by Gasteiger charge is -2.35. The van der Waals surface area contributed by atoms with Crippen molar-refractivity contribution in [3.63, 3.8) is 0 Å². The fraction of sp³-hybridized carbons (Fsp3) is 0.133. The van der Waals surface area contributed by atoms with Crippen LogP contribution in [0.1, 0.15) is 10.4 Å². The number of para-hydroxylation sites is 1. The molecule has 0 atom stereocenters. The van der Waals surface area contributed by atoms with Gasteiger partial charge in [-0.1, -0.05) is 47.5 Å². The van der Waals surface area contributed by atoms with Crippen LogP contribution < -0.4 is 14.4 Å². The third kappa shape index (κ3) is 5.89. The minimum atomic E-state index is -4.03. The van der Waals surface area contributed by atoms with Crippen molar-refractivity contribution in [1.82, 2.24) is 9.27 Å². The molecule has 5 aromatic rings. The van der Waals surface area contributed by atoms with Crippen LogP contribution in [0.2, 0.25) is 10.0 Å². The van der Waals surface area contributed by atoms with Crippen molar-refractivity contribution in [2.75, 3.05) is 35.8 Å². The zero-order valence-electron chi connectivity index (χ0n) is 22.0. The van der Waals surface area contributed by atoms with Crippen LogP contribution in [0.15, 0.2) is 95.9 Å². The quantitative estimate of drug-likeness (QED) is 0.203. The van der Waals surface area contributed by atoms with Gasteiger partial charge in [-0.15, -0.1) is 0 Å². The van der Waals surface area contributed by atoms with Gasteiger partial charge in [-0.25, -0.2) is 8.42 Å². The monoisotopic (exact) mass is 638 g/mol. The summed E-state index contributed by atoms with van der Waals surface area (Å²) in [5.74, 6) is 1.50. The predicted molar refractivity (Wildman–Crippen MR) is 168 cm³/mol. The van der Waals surface area contributed by atoms with E-state index in [1.807, 2.05) is 18.2 Å². The molecule has 4 aromatic carbocycles. The van der Waals surface area contributed by atoms with E-state index in [9.17, 15) is 13.2 Å². The number of nitrogens with one attached hydrogen (secondary N) is 1. The van der Waals surface area contributed by atoms with Crippen molar-refractivity contribution in [3.05, 3.63) is 107 Å². The van der Waals surface area contributed by atoms with Crippen molar-refractivity contribution in [2.24, 2.45) is 0 Å². The number of carbonyl (C=O) groups excluding carboxylic acids is 1. The maximum Gasteiger partial charge on any atom is 0.261 e. The number of rotatable bonds is 7. The van der Waals surface area contributed by atoms with Gasteiger partial charge in [0, 0.05) is 36.6 Å². The van der Waals surface area contributed by atoms with Gasteiger partial charge < -0.3 is 14.5 Å². The van der Waals surface area contributed by atoms with Gasteiger partial charge in [-0.3, -0.25) is 9.52 Å². The Bertz CT molecular complexity index is 1870. The number of halogens is 2. The molecule has 6 rings (SSSR count). The summed E-state index contributed by atoms with van der Waals surface area (Å²) in [7, 11) is -4.03. The Hall–Kier alpha value is -3.83. The lowest BCUT2D eigenvalue weighted by atomic mass is 10.1. The second-order valence-corrected chi connectivity index (χ2v) is 12.9. The maximum absolute atomic E-state index is 13.6. The Balaban J connectivity index is 1.16. The summed E-state index contributed by atoms with van der Waals surface area (Å²) in [6.07, 6.45) is 0. The van der Waals surface area contributed by atoms with Gasteiger partial charge in [-0.05, 0) is 78.3 Å². The molecule has 1 fully saturated rings. The lowest BCUT2D eigenvalue weighted by molar-refractivity contribution is 0.0747. The standard InChI is InChI=1S/C30H24Cl2N4O4S2/c31-20-9-14-26(34-42(38,39)22-12-10-21(11-13-22)40-27-7-3-2-6-25(27)32)24(19-20)30(37)36-17-15-35(16-18-36)29-23-5-1-4-8-28(23)41-33-29/h1-14,19,34H,15-18H2. The van der Waals surface area contributed by atoms with E-state index in [4.69, 9.17) is 27.9 Å². The molecule has 1 aromatic heterocycles. The van der Waals surface area contributed by atoms with Gasteiger partial charge in [0.2, 0.25) is 0 Å². The van der Waals surface area contributed by atoms with Crippen molar-refractivity contribution < 1.29 is 17.9 Å². The Kier molecular flexibility index (Phi) is 7.96. The summed E-state index contributed by atoms with van der Waals surface area (Å²) in [5.41, 5.74) is 0.325. The zero-order chi connectivity index (χ0) is 29.3. The summed E-state index contributed by atoms with van der Waals surface area (Å²) in [6, 6.07) is 25.5. The Labute approximate surface area is 257 Å². The number of aromatic nitrogens is 1. The molecule has 1 amide bonds. The van der Waals surface area contributed by atoms with Gasteiger partial charge in [0.25, 0.3) is 15.9 Å². The van der Waals surface area contributed by atoms with E-state index in [1.54, 1.807) is 35.2 Å². The highest BCUT2D eigenvalue weighted by atomic mass is 35.5. The minimum absolute atomic E-state index is 0.00598. The van der Waals surface area contributed by atoms with E-state index < -0.39 is 10.0 Å². The molecule has 0 aliphatic carbocycles. The first-order valence-electron chi connectivity index (χ1n) is 13.0. The average Bonchev–Trinajstić information content (AvgIpc) is 3.43. The van der Waals surface area contributed by atoms with Gasteiger partial charge in [0.15, 0.2) is 0 Å². The molecule has 0 bridgehead atoms. The van der Waals surface area contributed by atoms with Crippen LogP contribution >= 0.6 is 34.7 Å². The molecule has 0 spiro atoms. The number of benzene rings is 4. The normalized spacial score (nSPS) is 13.8. The molecule has 2 heterocycles. The molecule has 1 N–H and O–H groups in total. The summed E-state index contributed by atoms with van der Waals surface area (Å²) < 4.78 is 40.7. The van der Waals surface area contributed by atoms with Crippen LogP contribution in [0.3, 0.4) is 0 Å². The number of hydrogen-bond acceptors (Lipinski definition) is 7. The largest absolute Gasteiger partial charge is 0.456 e. The number of hydrogen-bond donors (Lipinski definition) is 1. The van der Waals surface area contributed by atoms with Crippen LogP contribution in [0.5, 0.6) is 11.5 Å². The highest BCUT2D eigenvalue weighted by Gasteiger charge is 2.27. The molecule has 1 aliphatic rings. The second-order valence-electron chi connectivity index (χ2n) is 9.58. The van der Waals surface area contributed by atoms with Gasteiger partial charge >= 0.3 is 0 Å². The van der Waals surface area contributed by atoms with Gasteiger partial charge in [-0.2, -0.15) is 4.37 Å². The Morgan fingerprint density at radius 1 is 0.881 bits per heavy atom. The number of carbonyl (C=O) groups is 1. The van der Waals surface area contributed by atoms with Crippen molar-refractivity contribution >= 4 is 72.3 Å². The second kappa shape index (κ2) is 11.8. The fourth-order valence-electron chi connectivity index (χ4n) is 4.72. The average molecular weight is 640 g/mol. The van der Waals surface area contributed by atoms with Crippen LogP contribution in [0, 0.1) is 0 Å². The van der Waals surface area contributed by atoms with Crippen LogP contribution in [0.4, 0.5) is 11.5 Å². The van der Waals surface area contributed by atoms with Crippen molar-refractivity contribution in [1.29, 1.82) is 0 Å². The summed E-state index contributed by atoms with van der Waals surface area (Å²) >= 11 is 13.8.